The largest absolute Gasteiger partial charge is 0.352 e. The molecular weight excluding hydrogens is 372 g/mol. The van der Waals surface area contributed by atoms with E-state index in [-0.39, 0.29) is 23.6 Å². The molecule has 10 nitrogen and oxygen atoms in total. The van der Waals surface area contributed by atoms with Crippen molar-refractivity contribution in [3.05, 3.63) is 53.4 Å². The number of H-pyrrole nitrogens is 1. The minimum Gasteiger partial charge on any atom is -0.352 e. The Kier molecular flexibility index (Phi) is 5.14. The third kappa shape index (κ3) is 4.21. The fourth-order valence-electron chi connectivity index (χ4n) is 2.74. The topological polar surface area (TPSA) is 130 Å². The fraction of sp³-hybridized carbons (Fsp3) is 0.263. The molecule has 0 atom stereocenters. The van der Waals surface area contributed by atoms with Crippen LogP contribution in [0, 0.1) is 0 Å². The van der Waals surface area contributed by atoms with Gasteiger partial charge < -0.3 is 10.6 Å². The number of hydrogen-bond donors (Lipinski definition) is 3. The number of aromatic nitrogens is 6. The maximum Gasteiger partial charge on any atom is 0.274 e. The number of amides is 2. The summed E-state index contributed by atoms with van der Waals surface area (Å²) >= 11 is 0. The number of nitrogens with zero attached hydrogens (tertiary/aromatic N) is 5. The fourth-order valence-corrected chi connectivity index (χ4v) is 2.74. The van der Waals surface area contributed by atoms with Gasteiger partial charge in [-0.2, -0.15) is 5.10 Å². The monoisotopic (exact) mass is 392 g/mol. The molecule has 1 aromatic carbocycles. The van der Waals surface area contributed by atoms with Gasteiger partial charge in [0, 0.05) is 18.2 Å². The lowest BCUT2D eigenvalue weighted by molar-refractivity contribution is 0.0941. The van der Waals surface area contributed by atoms with Gasteiger partial charge in [-0.25, -0.2) is 9.67 Å². The number of carbonyl (C=O) groups is 2. The first-order valence-corrected chi connectivity index (χ1v) is 9.34. The smallest absolute Gasteiger partial charge is 0.274 e. The number of carbonyl (C=O) groups excluding carboxylic acids is 2. The Bertz CT molecular complexity index is 1030. The van der Waals surface area contributed by atoms with E-state index in [1.807, 2.05) is 6.92 Å². The molecule has 0 spiro atoms. The summed E-state index contributed by atoms with van der Waals surface area (Å²) in [5.41, 5.74) is 1.93. The highest BCUT2D eigenvalue weighted by Crippen LogP contribution is 2.21. The highest BCUT2D eigenvalue weighted by molar-refractivity contribution is 5.96. The van der Waals surface area contributed by atoms with Crippen LogP contribution < -0.4 is 10.6 Å². The van der Waals surface area contributed by atoms with Crippen LogP contribution in [0.2, 0.25) is 0 Å². The Hall–Kier alpha value is -3.82. The van der Waals surface area contributed by atoms with E-state index in [9.17, 15) is 9.59 Å². The quantitative estimate of drug-likeness (QED) is 0.554. The van der Waals surface area contributed by atoms with Gasteiger partial charge in [-0.1, -0.05) is 5.21 Å². The van der Waals surface area contributed by atoms with Crippen LogP contribution in [-0.2, 0) is 0 Å². The molecule has 3 N–H and O–H groups in total. The minimum absolute atomic E-state index is 0.146. The molecule has 10 heteroatoms. The average Bonchev–Trinajstić information content (AvgIpc) is 3.21. The summed E-state index contributed by atoms with van der Waals surface area (Å²) in [5, 5.41) is 20.5. The summed E-state index contributed by atoms with van der Waals surface area (Å²) in [6.07, 6.45) is 6.79. The SMILES string of the molecule is CCNC(=O)c1ccc(-n2nnc(C(=O)NC3CC3)c2/C=C/c2nc[nH]n2)cc1. The maximum atomic E-state index is 12.6. The zero-order chi connectivity index (χ0) is 20.2. The van der Waals surface area contributed by atoms with E-state index >= 15 is 0 Å². The van der Waals surface area contributed by atoms with Crippen molar-refractivity contribution in [2.75, 3.05) is 6.54 Å². The molecular formula is C19H20N8O2. The third-order valence-corrected chi connectivity index (χ3v) is 4.37. The van der Waals surface area contributed by atoms with E-state index < -0.39 is 0 Å². The molecule has 0 saturated heterocycles. The van der Waals surface area contributed by atoms with Crippen LogP contribution in [0.3, 0.4) is 0 Å². The van der Waals surface area contributed by atoms with E-state index in [0.29, 0.717) is 29.3 Å². The highest BCUT2D eigenvalue weighted by atomic mass is 16.2. The molecule has 1 saturated carbocycles. The molecule has 1 aliphatic rings. The molecule has 3 aromatic rings. The zero-order valence-electron chi connectivity index (χ0n) is 15.8. The molecule has 2 aromatic heterocycles. The highest BCUT2D eigenvalue weighted by Gasteiger charge is 2.27. The summed E-state index contributed by atoms with van der Waals surface area (Å²) in [7, 11) is 0. The second-order valence-corrected chi connectivity index (χ2v) is 6.58. The first-order valence-electron chi connectivity index (χ1n) is 9.34. The van der Waals surface area contributed by atoms with Gasteiger partial charge in [0.2, 0.25) is 0 Å². The van der Waals surface area contributed by atoms with E-state index in [2.05, 4.69) is 36.1 Å². The lowest BCUT2D eigenvalue weighted by Crippen LogP contribution is -2.26. The number of rotatable bonds is 7. The van der Waals surface area contributed by atoms with Crippen molar-refractivity contribution in [3.63, 3.8) is 0 Å². The molecule has 2 amide bonds. The Labute approximate surface area is 166 Å². The predicted molar refractivity (Wildman–Crippen MR) is 105 cm³/mol. The van der Waals surface area contributed by atoms with Crippen LogP contribution in [0.1, 0.15) is 52.1 Å². The molecule has 0 aliphatic heterocycles. The Morgan fingerprint density at radius 1 is 1.21 bits per heavy atom. The molecule has 148 valence electrons. The van der Waals surface area contributed by atoms with Crippen LogP contribution in [-0.4, -0.2) is 54.6 Å². The second kappa shape index (κ2) is 8.05. The third-order valence-electron chi connectivity index (χ3n) is 4.37. The van der Waals surface area contributed by atoms with Crippen molar-refractivity contribution in [2.24, 2.45) is 0 Å². The van der Waals surface area contributed by atoms with Crippen molar-refractivity contribution >= 4 is 24.0 Å². The Morgan fingerprint density at radius 3 is 2.66 bits per heavy atom. The summed E-state index contributed by atoms with van der Waals surface area (Å²) in [5.74, 6) is 0.0529. The Balaban J connectivity index is 1.67. The van der Waals surface area contributed by atoms with Gasteiger partial charge in [-0.15, -0.1) is 5.10 Å². The number of nitrogens with one attached hydrogen (secondary N) is 3. The summed E-state index contributed by atoms with van der Waals surface area (Å²) in [4.78, 5) is 28.6. The van der Waals surface area contributed by atoms with Gasteiger partial charge in [0.25, 0.3) is 11.8 Å². The van der Waals surface area contributed by atoms with Crippen LogP contribution in [0.5, 0.6) is 0 Å². The molecule has 4 rings (SSSR count). The van der Waals surface area contributed by atoms with Crippen molar-refractivity contribution in [1.82, 2.24) is 40.8 Å². The van der Waals surface area contributed by atoms with E-state index in [0.717, 1.165) is 12.8 Å². The van der Waals surface area contributed by atoms with Gasteiger partial charge in [0.15, 0.2) is 11.5 Å². The molecule has 0 unspecified atom stereocenters. The van der Waals surface area contributed by atoms with E-state index in [1.165, 1.54) is 6.33 Å². The van der Waals surface area contributed by atoms with Crippen LogP contribution >= 0.6 is 0 Å². The standard InChI is InChI=1S/C19H20N8O2/c1-2-20-18(28)12-3-7-14(8-4-12)27-15(9-10-16-21-11-22-24-16)17(25-26-27)19(29)23-13-5-6-13/h3-4,7-11,13H,2,5-6H2,1H3,(H,20,28)(H,23,29)(H,21,22,24)/b10-9+. The van der Waals surface area contributed by atoms with Crippen molar-refractivity contribution in [3.8, 4) is 5.69 Å². The van der Waals surface area contributed by atoms with Gasteiger partial charge >= 0.3 is 0 Å². The molecule has 1 fully saturated rings. The number of aromatic amines is 1. The second-order valence-electron chi connectivity index (χ2n) is 6.58. The summed E-state index contributed by atoms with van der Waals surface area (Å²) in [6, 6.07) is 7.12. The van der Waals surface area contributed by atoms with Gasteiger partial charge in [-0.05, 0) is 56.2 Å². The molecule has 1 aliphatic carbocycles. The van der Waals surface area contributed by atoms with Crippen molar-refractivity contribution < 1.29 is 9.59 Å². The van der Waals surface area contributed by atoms with Gasteiger partial charge in [-0.3, -0.25) is 14.7 Å². The van der Waals surface area contributed by atoms with Crippen molar-refractivity contribution in [2.45, 2.75) is 25.8 Å². The van der Waals surface area contributed by atoms with Crippen LogP contribution in [0.15, 0.2) is 30.6 Å². The number of benzene rings is 1. The van der Waals surface area contributed by atoms with Crippen LogP contribution in [0.25, 0.3) is 17.8 Å². The lowest BCUT2D eigenvalue weighted by Gasteiger charge is -2.07. The zero-order valence-corrected chi connectivity index (χ0v) is 15.8. The first-order chi connectivity index (χ1) is 14.2. The van der Waals surface area contributed by atoms with Crippen LogP contribution in [0.4, 0.5) is 0 Å². The Morgan fingerprint density at radius 2 is 2.00 bits per heavy atom. The van der Waals surface area contributed by atoms with E-state index in [1.54, 1.807) is 41.1 Å². The summed E-state index contributed by atoms with van der Waals surface area (Å²) < 4.78 is 1.55. The number of hydrogen-bond acceptors (Lipinski definition) is 6. The van der Waals surface area contributed by atoms with Gasteiger partial charge in [0.05, 0.1) is 5.69 Å². The molecule has 0 radical (unpaired) electrons. The minimum atomic E-state index is -0.271. The maximum absolute atomic E-state index is 12.6. The predicted octanol–water partition coefficient (Wildman–Crippen LogP) is 1.20. The molecule has 29 heavy (non-hydrogen) atoms. The molecule has 2 heterocycles. The van der Waals surface area contributed by atoms with Crippen molar-refractivity contribution in [1.29, 1.82) is 0 Å². The molecule has 0 bridgehead atoms. The van der Waals surface area contributed by atoms with E-state index in [4.69, 9.17) is 0 Å². The first kappa shape index (κ1) is 18.5. The normalized spacial score (nSPS) is 13.6. The van der Waals surface area contributed by atoms with Gasteiger partial charge in [0.1, 0.15) is 12.0 Å². The summed E-state index contributed by atoms with van der Waals surface area (Å²) in [6.45, 7) is 2.42. The average molecular weight is 392 g/mol. The lowest BCUT2D eigenvalue weighted by atomic mass is 10.2.